The van der Waals surface area contributed by atoms with E-state index >= 15 is 0 Å². The number of hydrogen-bond donors (Lipinski definition) is 1. The van der Waals surface area contributed by atoms with E-state index in [1.54, 1.807) is 20.8 Å². The number of carbonyl (C=O) groups excluding carboxylic acids is 1. The van der Waals surface area contributed by atoms with Crippen molar-refractivity contribution in [2.24, 2.45) is 0 Å². The molecule has 0 rings (SSSR count). The second-order valence-electron chi connectivity index (χ2n) is 4.96. The molecule has 17 heavy (non-hydrogen) atoms. The highest BCUT2D eigenvalue weighted by Crippen LogP contribution is 2.22. The fourth-order valence-corrected chi connectivity index (χ4v) is 1.10. The Bertz CT molecular complexity index is 314. The third-order valence-electron chi connectivity index (χ3n) is 1.86. The van der Waals surface area contributed by atoms with Crippen LogP contribution >= 0.6 is 0 Å². The maximum Gasteiger partial charge on any atom is 0.507 e. The van der Waals surface area contributed by atoms with Crippen LogP contribution in [0, 0.1) is 0 Å². The van der Waals surface area contributed by atoms with E-state index in [-0.39, 0.29) is 5.57 Å². The number of rotatable bonds is 3. The van der Waals surface area contributed by atoms with E-state index in [1.807, 2.05) is 0 Å². The van der Waals surface area contributed by atoms with Crippen LogP contribution < -0.4 is 5.32 Å². The number of hydrogen-bond acceptors (Lipinski definition) is 2. The molecule has 0 bridgehead atoms. The van der Waals surface area contributed by atoms with Gasteiger partial charge in [0.1, 0.15) is 5.60 Å². The number of allylic oxidation sites excluding steroid dienone is 1. The molecule has 0 aromatic heterocycles. The minimum Gasteiger partial charge on any atom is -0.445 e. The van der Waals surface area contributed by atoms with Gasteiger partial charge in [-0.2, -0.15) is 0 Å². The zero-order valence-corrected chi connectivity index (χ0v) is 10.7. The largest absolute Gasteiger partial charge is 0.507 e. The van der Waals surface area contributed by atoms with E-state index in [0.717, 1.165) is 0 Å². The van der Waals surface area contributed by atoms with Gasteiger partial charge in [0.25, 0.3) is 0 Å². The molecule has 7 heteroatoms. The van der Waals surface area contributed by atoms with E-state index in [2.05, 4.69) is 5.32 Å². The lowest BCUT2D eigenvalue weighted by molar-refractivity contribution is 0.0533. The van der Waals surface area contributed by atoms with E-state index in [0.29, 0.717) is 0 Å². The topological polar surface area (TPSA) is 38.3 Å². The van der Waals surface area contributed by atoms with Gasteiger partial charge >= 0.3 is 13.1 Å². The van der Waals surface area contributed by atoms with Crippen LogP contribution in [-0.2, 0) is 4.74 Å². The number of amides is 1. The van der Waals surface area contributed by atoms with Gasteiger partial charge in [0.2, 0.25) is 0 Å². The lowest BCUT2D eigenvalue weighted by Gasteiger charge is -2.24. The minimum atomic E-state index is -5.08. The van der Waals surface area contributed by atoms with Gasteiger partial charge in [-0.25, -0.2) is 4.79 Å². The average molecular weight is 252 g/mol. The molecule has 0 fully saturated rings. The second kappa shape index (κ2) is 5.47. The Balaban J connectivity index is 4.47. The molecule has 0 atom stereocenters. The molecule has 1 N–H and O–H groups in total. The first-order valence-corrected chi connectivity index (χ1v) is 5.26. The molecular formula is C10H18BF3NO2-. The molecule has 0 aliphatic carbocycles. The van der Waals surface area contributed by atoms with Crippen LogP contribution in [0.5, 0.6) is 0 Å². The van der Waals surface area contributed by atoms with Crippen LogP contribution in [0.2, 0.25) is 0 Å². The van der Waals surface area contributed by atoms with E-state index < -0.39 is 30.7 Å². The van der Waals surface area contributed by atoms with Gasteiger partial charge in [-0.15, -0.1) is 11.0 Å². The molecular weight excluding hydrogens is 234 g/mol. The highest BCUT2D eigenvalue weighted by Gasteiger charge is 2.29. The lowest BCUT2D eigenvalue weighted by Crippen LogP contribution is -2.37. The molecule has 0 spiro atoms. The summed E-state index contributed by atoms with van der Waals surface area (Å²) in [5.74, 6) is 0. The fourth-order valence-electron chi connectivity index (χ4n) is 1.10. The number of ether oxygens (including phenoxy) is 1. The molecule has 100 valence electrons. The molecule has 1 amide bonds. The van der Waals surface area contributed by atoms with Crippen molar-refractivity contribution in [3.05, 3.63) is 11.0 Å². The van der Waals surface area contributed by atoms with Gasteiger partial charge in [0.05, 0.1) is 0 Å². The molecule has 0 aromatic carbocycles. The first-order valence-electron chi connectivity index (χ1n) is 5.26. The van der Waals surface area contributed by atoms with Crippen molar-refractivity contribution in [3.63, 3.8) is 0 Å². The summed E-state index contributed by atoms with van der Waals surface area (Å²) in [6.07, 6.45) is -0.851. The van der Waals surface area contributed by atoms with E-state index in [1.165, 1.54) is 13.8 Å². The number of halogens is 3. The molecule has 0 aliphatic heterocycles. The van der Waals surface area contributed by atoms with Crippen molar-refractivity contribution in [1.29, 1.82) is 0 Å². The Kier molecular flexibility index (Phi) is 5.10. The number of alkyl carbamates (subject to hydrolysis) is 1. The van der Waals surface area contributed by atoms with Gasteiger partial charge in [0, 0.05) is 6.54 Å². The first-order chi connectivity index (χ1) is 7.43. The minimum absolute atomic E-state index is 0.147. The zero-order chi connectivity index (χ0) is 13.9. The van der Waals surface area contributed by atoms with E-state index in [9.17, 15) is 17.7 Å². The van der Waals surface area contributed by atoms with Crippen molar-refractivity contribution in [3.8, 4) is 0 Å². The monoisotopic (exact) mass is 252 g/mol. The first kappa shape index (κ1) is 15.9. The van der Waals surface area contributed by atoms with Crippen molar-refractivity contribution in [2.45, 2.75) is 40.2 Å². The number of carbonyl (C=O) groups is 1. The van der Waals surface area contributed by atoms with Crippen LogP contribution in [0.4, 0.5) is 17.7 Å². The van der Waals surface area contributed by atoms with Gasteiger partial charge in [-0.1, -0.05) is 0 Å². The smallest absolute Gasteiger partial charge is 0.445 e. The summed E-state index contributed by atoms with van der Waals surface area (Å²) < 4.78 is 42.6. The maximum atomic E-state index is 12.6. The molecule has 0 radical (unpaired) electrons. The summed E-state index contributed by atoms with van der Waals surface area (Å²) in [7, 11) is 0. The maximum absolute atomic E-state index is 12.6. The van der Waals surface area contributed by atoms with E-state index in [4.69, 9.17) is 4.74 Å². The Labute approximate surface area is 99.5 Å². The molecule has 0 aliphatic rings. The van der Waals surface area contributed by atoms with Crippen LogP contribution in [-0.4, -0.2) is 25.2 Å². The van der Waals surface area contributed by atoms with Gasteiger partial charge < -0.3 is 23.0 Å². The Morgan fingerprint density at radius 1 is 1.24 bits per heavy atom. The summed E-state index contributed by atoms with van der Waals surface area (Å²) in [5, 5.41) is 2.10. The van der Waals surface area contributed by atoms with Crippen LogP contribution in [0.3, 0.4) is 0 Å². The average Bonchev–Trinajstić information content (AvgIpc) is 1.96. The summed E-state index contributed by atoms with van der Waals surface area (Å²) in [6, 6.07) is 0. The SMILES string of the molecule is CC(C)=C(CNC(=O)OC(C)(C)C)[B-](F)(F)F. The second-order valence-corrected chi connectivity index (χ2v) is 4.96. The van der Waals surface area contributed by atoms with Gasteiger partial charge in [-0.3, -0.25) is 0 Å². The Morgan fingerprint density at radius 2 is 1.71 bits per heavy atom. The third-order valence-corrected chi connectivity index (χ3v) is 1.86. The van der Waals surface area contributed by atoms with Gasteiger partial charge in [-0.05, 0) is 34.6 Å². The molecule has 0 aromatic rings. The predicted molar refractivity (Wildman–Crippen MR) is 61.7 cm³/mol. The fraction of sp³-hybridized carbons (Fsp3) is 0.700. The number of nitrogens with one attached hydrogen (secondary N) is 1. The van der Waals surface area contributed by atoms with Crippen molar-refractivity contribution >= 4 is 13.1 Å². The lowest BCUT2D eigenvalue weighted by atomic mass is 9.76. The van der Waals surface area contributed by atoms with Crippen molar-refractivity contribution in [1.82, 2.24) is 5.32 Å². The standard InChI is InChI=1S/C10H18BF3NO2/c1-7(2)8(11(12,13)14)6-15-9(16)17-10(3,4)5/h6H2,1-5H3,(H,15,16)/q-1. The normalized spacial score (nSPS) is 12.0. The highest BCUT2D eigenvalue weighted by atomic mass is 19.4. The summed E-state index contributed by atoms with van der Waals surface area (Å²) >= 11 is 0. The Morgan fingerprint density at radius 3 is 2.00 bits per heavy atom. The highest BCUT2D eigenvalue weighted by molar-refractivity contribution is 6.67. The predicted octanol–water partition coefficient (Wildman–Crippen LogP) is 3.23. The zero-order valence-electron chi connectivity index (χ0n) is 10.7. The molecule has 3 nitrogen and oxygen atoms in total. The van der Waals surface area contributed by atoms with Crippen molar-refractivity contribution < 1.29 is 22.5 Å². The molecule has 0 saturated carbocycles. The van der Waals surface area contributed by atoms with Crippen LogP contribution in [0.15, 0.2) is 11.0 Å². The molecule has 0 unspecified atom stereocenters. The van der Waals surface area contributed by atoms with Crippen molar-refractivity contribution in [2.75, 3.05) is 6.54 Å². The molecule has 0 saturated heterocycles. The summed E-state index contributed by atoms with van der Waals surface area (Å²) in [4.78, 5) is 11.2. The quantitative estimate of drug-likeness (QED) is 0.783. The van der Waals surface area contributed by atoms with Gasteiger partial charge in [0.15, 0.2) is 0 Å². The van der Waals surface area contributed by atoms with Crippen LogP contribution in [0.1, 0.15) is 34.6 Å². The van der Waals surface area contributed by atoms with Crippen LogP contribution in [0.25, 0.3) is 0 Å². The summed E-state index contributed by atoms with van der Waals surface area (Å²) in [6.45, 7) is 2.01. The summed E-state index contributed by atoms with van der Waals surface area (Å²) in [5.41, 5.74) is -1.28. The molecule has 0 heterocycles. The Hall–Kier alpha value is -1.14. The third kappa shape index (κ3) is 6.91.